The van der Waals surface area contributed by atoms with Crippen molar-refractivity contribution in [1.82, 2.24) is 0 Å². The average molecular weight is 428 g/mol. The lowest BCUT2D eigenvalue weighted by Crippen LogP contribution is -2.27. The Labute approximate surface area is 187 Å². The second kappa shape index (κ2) is 8.15. The van der Waals surface area contributed by atoms with Crippen LogP contribution in [-0.2, 0) is 4.79 Å². The molecule has 2 aliphatic rings. The second-order valence-corrected chi connectivity index (χ2v) is 8.71. The molecule has 0 saturated carbocycles. The minimum absolute atomic E-state index is 0.0244. The molecule has 5 rings (SSSR count). The molecule has 4 nitrogen and oxygen atoms in total. The Hall–Kier alpha value is -3.60. The zero-order chi connectivity index (χ0) is 22.2. The van der Waals surface area contributed by atoms with Crippen LogP contribution >= 0.6 is 0 Å². The molecule has 2 atom stereocenters. The van der Waals surface area contributed by atoms with Crippen LogP contribution in [0.5, 0.6) is 0 Å². The molecule has 0 bridgehead atoms. The Morgan fingerprint density at radius 2 is 1.50 bits per heavy atom. The number of benzene rings is 3. The van der Waals surface area contributed by atoms with Gasteiger partial charge in [-0.05, 0) is 59.9 Å². The summed E-state index contributed by atoms with van der Waals surface area (Å²) in [6.07, 6.45) is 1.12. The summed E-state index contributed by atoms with van der Waals surface area (Å²) in [5.74, 6) is -0.116. The lowest BCUT2D eigenvalue weighted by atomic mass is 9.78. The number of Topliss-reactive ketones (excluding diaryl/α,β-unsaturated/α-hetero) is 1. The SMILES string of the molecule is CN(C)c1ccc([C@@H]2Nc3ccccc3NC3=C2C(=O)C[C@H](c2ccc(F)cc2)C3)cc1. The normalized spacial score (nSPS) is 19.9. The molecular formula is C27H26FN3O. The van der Waals surface area contributed by atoms with Crippen molar-refractivity contribution < 1.29 is 9.18 Å². The van der Waals surface area contributed by atoms with Crippen molar-refractivity contribution in [3.05, 3.63) is 101 Å². The third kappa shape index (κ3) is 3.75. The molecule has 0 amide bonds. The Balaban J connectivity index is 1.58. The molecule has 0 unspecified atom stereocenters. The number of carbonyl (C=O) groups excluding carboxylic acids is 1. The molecule has 3 aromatic rings. The van der Waals surface area contributed by atoms with Gasteiger partial charge in [0.2, 0.25) is 0 Å². The highest BCUT2D eigenvalue weighted by Crippen LogP contribution is 2.44. The summed E-state index contributed by atoms with van der Waals surface area (Å²) >= 11 is 0. The van der Waals surface area contributed by atoms with Crippen LogP contribution in [-0.4, -0.2) is 19.9 Å². The van der Waals surface area contributed by atoms with E-state index in [4.69, 9.17) is 0 Å². The van der Waals surface area contributed by atoms with Crippen LogP contribution in [0.4, 0.5) is 21.5 Å². The molecule has 3 aromatic carbocycles. The van der Waals surface area contributed by atoms with Gasteiger partial charge in [-0.25, -0.2) is 4.39 Å². The lowest BCUT2D eigenvalue weighted by molar-refractivity contribution is -0.116. The van der Waals surface area contributed by atoms with E-state index >= 15 is 0 Å². The van der Waals surface area contributed by atoms with Gasteiger partial charge in [0.15, 0.2) is 5.78 Å². The number of allylic oxidation sites excluding steroid dienone is 1. The number of rotatable bonds is 3. The van der Waals surface area contributed by atoms with E-state index in [-0.39, 0.29) is 23.6 Å². The fourth-order valence-electron chi connectivity index (χ4n) is 4.68. The number of para-hydroxylation sites is 2. The fraction of sp³-hybridized carbons (Fsp3) is 0.222. The van der Waals surface area contributed by atoms with Gasteiger partial charge in [-0.1, -0.05) is 36.4 Å². The Bertz CT molecular complexity index is 1180. The third-order valence-electron chi connectivity index (χ3n) is 6.39. The molecule has 5 heteroatoms. The molecule has 162 valence electrons. The van der Waals surface area contributed by atoms with Crippen molar-refractivity contribution >= 4 is 22.8 Å². The smallest absolute Gasteiger partial charge is 0.163 e. The molecule has 0 fully saturated rings. The number of anilines is 3. The largest absolute Gasteiger partial charge is 0.378 e. The lowest BCUT2D eigenvalue weighted by Gasteiger charge is -2.30. The van der Waals surface area contributed by atoms with Gasteiger partial charge in [-0.15, -0.1) is 0 Å². The minimum Gasteiger partial charge on any atom is -0.378 e. The van der Waals surface area contributed by atoms with Crippen LogP contribution < -0.4 is 15.5 Å². The van der Waals surface area contributed by atoms with Gasteiger partial charge in [0.05, 0.1) is 17.4 Å². The van der Waals surface area contributed by atoms with E-state index in [0.717, 1.165) is 39.5 Å². The first-order valence-electron chi connectivity index (χ1n) is 10.9. The highest BCUT2D eigenvalue weighted by molar-refractivity contribution is 6.01. The van der Waals surface area contributed by atoms with Gasteiger partial charge in [-0.2, -0.15) is 0 Å². The number of fused-ring (bicyclic) bond motifs is 1. The highest BCUT2D eigenvalue weighted by atomic mass is 19.1. The minimum atomic E-state index is -0.261. The monoisotopic (exact) mass is 427 g/mol. The van der Waals surface area contributed by atoms with E-state index in [1.807, 2.05) is 38.4 Å². The van der Waals surface area contributed by atoms with Crippen LogP contribution in [0.1, 0.15) is 35.9 Å². The number of nitrogens with zero attached hydrogens (tertiary/aromatic N) is 1. The van der Waals surface area contributed by atoms with E-state index in [0.29, 0.717) is 12.8 Å². The van der Waals surface area contributed by atoms with Crippen molar-refractivity contribution in [3.8, 4) is 0 Å². The molecule has 1 aliphatic carbocycles. The third-order valence-corrected chi connectivity index (χ3v) is 6.39. The predicted molar refractivity (Wildman–Crippen MR) is 128 cm³/mol. The Morgan fingerprint density at radius 3 is 2.19 bits per heavy atom. The zero-order valence-corrected chi connectivity index (χ0v) is 18.2. The van der Waals surface area contributed by atoms with Gasteiger partial charge >= 0.3 is 0 Å². The Kier molecular flexibility index (Phi) is 5.17. The first-order chi connectivity index (χ1) is 15.5. The van der Waals surface area contributed by atoms with E-state index in [9.17, 15) is 9.18 Å². The van der Waals surface area contributed by atoms with Crippen LogP contribution in [0.25, 0.3) is 0 Å². The molecule has 0 spiro atoms. The number of nitrogens with one attached hydrogen (secondary N) is 2. The summed E-state index contributed by atoms with van der Waals surface area (Å²) in [4.78, 5) is 15.6. The maximum absolute atomic E-state index is 13.5. The molecule has 0 saturated heterocycles. The topological polar surface area (TPSA) is 44.4 Å². The molecule has 2 N–H and O–H groups in total. The summed E-state index contributed by atoms with van der Waals surface area (Å²) in [5, 5.41) is 7.16. The van der Waals surface area contributed by atoms with Crippen LogP contribution in [0.2, 0.25) is 0 Å². The first-order valence-corrected chi connectivity index (χ1v) is 10.9. The summed E-state index contributed by atoms with van der Waals surface area (Å²) in [6, 6.07) is 22.7. The summed E-state index contributed by atoms with van der Waals surface area (Å²) in [7, 11) is 4.03. The van der Waals surface area contributed by atoms with Gasteiger partial charge in [-0.3, -0.25) is 4.79 Å². The summed E-state index contributed by atoms with van der Waals surface area (Å²) in [6.45, 7) is 0. The Morgan fingerprint density at radius 1 is 0.844 bits per heavy atom. The van der Waals surface area contributed by atoms with E-state index in [1.165, 1.54) is 12.1 Å². The standard InChI is InChI=1S/C27H26FN3O/c1-31(2)21-13-9-18(10-14-21)27-26-24(29-22-5-3-4-6-23(22)30-27)15-19(16-25(26)32)17-7-11-20(28)12-8-17/h3-14,19,27,29-30H,15-16H2,1-2H3/t19-,27+/m1/s1. The average Bonchev–Trinajstić information content (AvgIpc) is 2.96. The predicted octanol–water partition coefficient (Wildman–Crippen LogP) is 5.87. The number of hydrogen-bond donors (Lipinski definition) is 2. The van der Waals surface area contributed by atoms with Crippen molar-refractivity contribution in [2.24, 2.45) is 0 Å². The molecule has 1 aliphatic heterocycles. The van der Waals surface area contributed by atoms with E-state index in [1.54, 1.807) is 12.1 Å². The van der Waals surface area contributed by atoms with Crippen LogP contribution in [0.15, 0.2) is 84.1 Å². The molecule has 0 radical (unpaired) electrons. The second-order valence-electron chi connectivity index (χ2n) is 8.71. The fourth-order valence-corrected chi connectivity index (χ4v) is 4.68. The molecular weight excluding hydrogens is 401 g/mol. The summed E-state index contributed by atoms with van der Waals surface area (Å²) < 4.78 is 13.4. The number of hydrogen-bond acceptors (Lipinski definition) is 4. The van der Waals surface area contributed by atoms with Crippen molar-refractivity contribution in [1.29, 1.82) is 0 Å². The number of halogens is 1. The van der Waals surface area contributed by atoms with Gasteiger partial charge < -0.3 is 15.5 Å². The maximum Gasteiger partial charge on any atom is 0.163 e. The number of carbonyl (C=O) groups is 1. The van der Waals surface area contributed by atoms with Gasteiger partial charge in [0, 0.05) is 37.5 Å². The van der Waals surface area contributed by atoms with Crippen molar-refractivity contribution in [3.63, 3.8) is 0 Å². The molecule has 32 heavy (non-hydrogen) atoms. The van der Waals surface area contributed by atoms with Crippen LogP contribution in [0, 0.1) is 5.82 Å². The van der Waals surface area contributed by atoms with Gasteiger partial charge in [0.25, 0.3) is 0 Å². The first kappa shape index (κ1) is 20.3. The number of ketones is 1. The highest BCUT2D eigenvalue weighted by Gasteiger charge is 2.36. The summed E-state index contributed by atoms with van der Waals surface area (Å²) in [5.41, 5.74) is 6.81. The quantitative estimate of drug-likeness (QED) is 0.549. The van der Waals surface area contributed by atoms with E-state index < -0.39 is 0 Å². The molecule has 1 heterocycles. The van der Waals surface area contributed by atoms with E-state index in [2.05, 4.69) is 39.8 Å². The van der Waals surface area contributed by atoms with Crippen LogP contribution in [0.3, 0.4) is 0 Å². The zero-order valence-electron chi connectivity index (χ0n) is 18.2. The van der Waals surface area contributed by atoms with Crippen molar-refractivity contribution in [2.45, 2.75) is 24.8 Å². The van der Waals surface area contributed by atoms with Gasteiger partial charge in [0.1, 0.15) is 5.82 Å². The van der Waals surface area contributed by atoms with Crippen molar-refractivity contribution in [2.75, 3.05) is 29.6 Å². The maximum atomic E-state index is 13.5. The molecule has 0 aromatic heterocycles.